The fourth-order valence-electron chi connectivity index (χ4n) is 1.73. The molecule has 3 heteroatoms. The van der Waals surface area contributed by atoms with Gasteiger partial charge in [0, 0.05) is 17.5 Å². The normalized spacial score (nSPS) is 10.2. The molecule has 0 aliphatic heterocycles. The summed E-state index contributed by atoms with van der Waals surface area (Å²) in [6.07, 6.45) is 0.473. The van der Waals surface area contributed by atoms with Crippen molar-refractivity contribution in [1.82, 2.24) is 0 Å². The summed E-state index contributed by atoms with van der Waals surface area (Å²) in [4.78, 5) is 11.4. The van der Waals surface area contributed by atoms with E-state index in [0.717, 1.165) is 22.2 Å². The van der Waals surface area contributed by atoms with Gasteiger partial charge >= 0.3 is 0 Å². The fourth-order valence-corrected chi connectivity index (χ4v) is 1.73. The van der Waals surface area contributed by atoms with Crippen LogP contribution >= 0.6 is 0 Å². The molecular weight excluding hydrogens is 214 g/mol. The zero-order valence-electron chi connectivity index (χ0n) is 9.99. The van der Waals surface area contributed by atoms with Crippen molar-refractivity contribution in [1.29, 1.82) is 0 Å². The third kappa shape index (κ3) is 2.38. The van der Waals surface area contributed by atoms with Gasteiger partial charge in [0.2, 0.25) is 5.91 Å². The van der Waals surface area contributed by atoms with Gasteiger partial charge in [-0.1, -0.05) is 25.1 Å². The van der Waals surface area contributed by atoms with E-state index in [1.165, 1.54) is 0 Å². The molecule has 0 saturated carbocycles. The van der Waals surface area contributed by atoms with Gasteiger partial charge in [0.1, 0.15) is 5.75 Å². The maximum atomic E-state index is 11.4. The van der Waals surface area contributed by atoms with E-state index in [-0.39, 0.29) is 5.91 Å². The standard InChI is InChI=1S/C14H15NO2/c1-3-14(16)15-13-6-4-5-10-7-8-11(17-2)9-12(10)13/h4-9H,3H2,1-2H3,(H,15,16). The van der Waals surface area contributed by atoms with Gasteiger partial charge in [0.15, 0.2) is 0 Å². The Morgan fingerprint density at radius 3 is 2.82 bits per heavy atom. The van der Waals surface area contributed by atoms with Crippen molar-refractivity contribution in [3.8, 4) is 5.75 Å². The number of benzene rings is 2. The lowest BCUT2D eigenvalue weighted by Crippen LogP contribution is -2.09. The summed E-state index contributed by atoms with van der Waals surface area (Å²) in [5, 5.41) is 4.97. The largest absolute Gasteiger partial charge is 0.497 e. The highest BCUT2D eigenvalue weighted by molar-refractivity contribution is 6.02. The second kappa shape index (κ2) is 4.87. The van der Waals surface area contributed by atoms with Crippen LogP contribution in [0, 0.1) is 0 Å². The SMILES string of the molecule is CCC(=O)Nc1cccc2ccc(OC)cc12. The Bertz CT molecular complexity index is 549. The molecule has 1 amide bonds. The smallest absolute Gasteiger partial charge is 0.224 e. The molecule has 0 saturated heterocycles. The topological polar surface area (TPSA) is 38.3 Å². The van der Waals surface area contributed by atoms with Crippen molar-refractivity contribution < 1.29 is 9.53 Å². The molecule has 0 bridgehead atoms. The molecule has 0 aromatic heterocycles. The van der Waals surface area contributed by atoms with Crippen LogP contribution in [0.15, 0.2) is 36.4 Å². The van der Waals surface area contributed by atoms with Gasteiger partial charge in [-0.15, -0.1) is 0 Å². The average molecular weight is 229 g/mol. The lowest BCUT2D eigenvalue weighted by Gasteiger charge is -2.09. The Hall–Kier alpha value is -2.03. The number of rotatable bonds is 3. The second-order valence-electron chi connectivity index (χ2n) is 3.79. The fraction of sp³-hybridized carbons (Fsp3) is 0.214. The number of methoxy groups -OCH3 is 1. The van der Waals surface area contributed by atoms with Crippen molar-refractivity contribution in [3.63, 3.8) is 0 Å². The molecule has 1 N–H and O–H groups in total. The maximum absolute atomic E-state index is 11.4. The molecule has 2 aromatic rings. The van der Waals surface area contributed by atoms with Crippen molar-refractivity contribution in [2.75, 3.05) is 12.4 Å². The van der Waals surface area contributed by atoms with Gasteiger partial charge in [0.05, 0.1) is 7.11 Å². The molecule has 0 aliphatic rings. The Morgan fingerprint density at radius 2 is 2.12 bits per heavy atom. The van der Waals surface area contributed by atoms with Crippen molar-refractivity contribution in [2.45, 2.75) is 13.3 Å². The Balaban J connectivity index is 2.50. The third-order valence-electron chi connectivity index (χ3n) is 2.68. The van der Waals surface area contributed by atoms with Crippen LogP contribution in [-0.2, 0) is 4.79 Å². The van der Waals surface area contributed by atoms with Crippen LogP contribution in [0.5, 0.6) is 5.75 Å². The lowest BCUT2D eigenvalue weighted by molar-refractivity contribution is -0.115. The number of hydrogen-bond acceptors (Lipinski definition) is 2. The second-order valence-corrected chi connectivity index (χ2v) is 3.79. The molecule has 2 aromatic carbocycles. The molecule has 0 unspecified atom stereocenters. The van der Waals surface area contributed by atoms with E-state index >= 15 is 0 Å². The van der Waals surface area contributed by atoms with Crippen LogP contribution in [0.4, 0.5) is 5.69 Å². The van der Waals surface area contributed by atoms with Crippen LogP contribution in [0.3, 0.4) is 0 Å². The number of anilines is 1. The monoisotopic (exact) mass is 229 g/mol. The van der Waals surface area contributed by atoms with E-state index in [1.807, 2.05) is 43.3 Å². The van der Waals surface area contributed by atoms with Crippen LogP contribution in [0.1, 0.15) is 13.3 Å². The van der Waals surface area contributed by atoms with Crippen molar-refractivity contribution in [3.05, 3.63) is 36.4 Å². The van der Waals surface area contributed by atoms with Crippen LogP contribution < -0.4 is 10.1 Å². The highest BCUT2D eigenvalue weighted by Crippen LogP contribution is 2.27. The van der Waals surface area contributed by atoms with Gasteiger partial charge < -0.3 is 10.1 Å². The van der Waals surface area contributed by atoms with E-state index in [9.17, 15) is 4.79 Å². The van der Waals surface area contributed by atoms with Gasteiger partial charge in [-0.25, -0.2) is 0 Å². The Morgan fingerprint density at radius 1 is 1.29 bits per heavy atom. The van der Waals surface area contributed by atoms with Gasteiger partial charge in [0.25, 0.3) is 0 Å². The van der Waals surface area contributed by atoms with Gasteiger partial charge in [-0.3, -0.25) is 4.79 Å². The molecule has 3 nitrogen and oxygen atoms in total. The summed E-state index contributed by atoms with van der Waals surface area (Å²) in [6.45, 7) is 1.83. The number of hydrogen-bond donors (Lipinski definition) is 1. The molecule has 0 fully saturated rings. The maximum Gasteiger partial charge on any atom is 0.224 e. The van der Waals surface area contributed by atoms with E-state index in [1.54, 1.807) is 7.11 Å². The quantitative estimate of drug-likeness (QED) is 0.877. The van der Waals surface area contributed by atoms with Crippen LogP contribution in [0.25, 0.3) is 10.8 Å². The number of fused-ring (bicyclic) bond motifs is 1. The minimum atomic E-state index is 0.0142. The van der Waals surface area contributed by atoms with Crippen LogP contribution in [-0.4, -0.2) is 13.0 Å². The predicted octanol–water partition coefficient (Wildman–Crippen LogP) is 3.20. The first-order chi connectivity index (χ1) is 8.24. The summed E-state index contributed by atoms with van der Waals surface area (Å²) < 4.78 is 5.20. The molecule has 88 valence electrons. The Labute approximate surface area is 100 Å². The minimum absolute atomic E-state index is 0.0142. The zero-order valence-corrected chi connectivity index (χ0v) is 9.99. The number of carbonyl (C=O) groups is 1. The Kier molecular flexibility index (Phi) is 3.28. The molecule has 2 rings (SSSR count). The molecular formula is C14H15NO2. The number of ether oxygens (including phenoxy) is 1. The summed E-state index contributed by atoms with van der Waals surface area (Å²) in [6, 6.07) is 11.7. The zero-order chi connectivity index (χ0) is 12.3. The first kappa shape index (κ1) is 11.5. The molecule has 0 radical (unpaired) electrons. The lowest BCUT2D eigenvalue weighted by atomic mass is 10.1. The van der Waals surface area contributed by atoms with E-state index in [2.05, 4.69) is 5.32 Å². The average Bonchev–Trinajstić information content (AvgIpc) is 2.38. The summed E-state index contributed by atoms with van der Waals surface area (Å²) in [5.41, 5.74) is 0.827. The third-order valence-corrected chi connectivity index (χ3v) is 2.68. The van der Waals surface area contributed by atoms with Gasteiger partial charge in [-0.05, 0) is 23.6 Å². The van der Waals surface area contributed by atoms with Gasteiger partial charge in [-0.2, -0.15) is 0 Å². The van der Waals surface area contributed by atoms with Crippen molar-refractivity contribution in [2.24, 2.45) is 0 Å². The summed E-state index contributed by atoms with van der Waals surface area (Å²) in [5.74, 6) is 0.802. The summed E-state index contributed by atoms with van der Waals surface area (Å²) >= 11 is 0. The van der Waals surface area contributed by atoms with Crippen LogP contribution in [0.2, 0.25) is 0 Å². The highest BCUT2D eigenvalue weighted by Gasteiger charge is 2.04. The minimum Gasteiger partial charge on any atom is -0.497 e. The summed E-state index contributed by atoms with van der Waals surface area (Å²) in [7, 11) is 1.63. The van der Waals surface area contributed by atoms with E-state index < -0.39 is 0 Å². The first-order valence-corrected chi connectivity index (χ1v) is 5.61. The molecule has 0 atom stereocenters. The number of nitrogens with one attached hydrogen (secondary N) is 1. The number of carbonyl (C=O) groups excluding carboxylic acids is 1. The highest BCUT2D eigenvalue weighted by atomic mass is 16.5. The molecule has 0 aliphatic carbocycles. The van der Waals surface area contributed by atoms with E-state index in [0.29, 0.717) is 6.42 Å². The molecule has 17 heavy (non-hydrogen) atoms. The molecule has 0 spiro atoms. The first-order valence-electron chi connectivity index (χ1n) is 5.61. The molecule has 0 heterocycles. The van der Waals surface area contributed by atoms with Crippen molar-refractivity contribution >= 4 is 22.4 Å². The number of amides is 1. The predicted molar refractivity (Wildman–Crippen MR) is 69.4 cm³/mol. The van der Waals surface area contributed by atoms with E-state index in [4.69, 9.17) is 4.74 Å².